The maximum atomic E-state index is 12.6. The van der Waals surface area contributed by atoms with E-state index in [-0.39, 0.29) is 11.5 Å². The largest absolute Gasteiger partial charge is 0.340 e. The minimum atomic E-state index is -0.574. The topological polar surface area (TPSA) is 54.3 Å². The number of rotatable bonds is 3. The fraction of sp³-hybridized carbons (Fsp3) is 0.600. The Kier molecular flexibility index (Phi) is 4.28. The highest BCUT2D eigenvalue weighted by atomic mass is 16.2. The molecule has 1 aliphatic heterocycles. The first-order chi connectivity index (χ1) is 9.40. The van der Waals surface area contributed by atoms with Gasteiger partial charge < -0.3 is 14.8 Å². The van der Waals surface area contributed by atoms with Crippen molar-refractivity contribution in [1.82, 2.24) is 14.8 Å². The first-order valence-electron chi connectivity index (χ1n) is 7.07. The second kappa shape index (κ2) is 5.79. The van der Waals surface area contributed by atoms with Gasteiger partial charge in [-0.3, -0.25) is 9.59 Å². The molecular weight excluding hydrogens is 254 g/mol. The molecule has 0 aromatic carbocycles. The molecule has 1 amide bonds. The van der Waals surface area contributed by atoms with Crippen LogP contribution in [-0.2, 0) is 11.3 Å². The highest BCUT2D eigenvalue weighted by Gasteiger charge is 2.33. The van der Waals surface area contributed by atoms with E-state index in [1.54, 1.807) is 16.7 Å². The van der Waals surface area contributed by atoms with Crippen LogP contribution in [0.1, 0.15) is 19.4 Å². The van der Waals surface area contributed by atoms with E-state index < -0.39 is 5.41 Å². The first kappa shape index (κ1) is 14.8. The Hall–Kier alpha value is -1.62. The van der Waals surface area contributed by atoms with Crippen molar-refractivity contribution in [3.05, 3.63) is 34.2 Å². The van der Waals surface area contributed by atoms with Gasteiger partial charge in [-0.1, -0.05) is 6.07 Å². The molecule has 0 spiro atoms. The van der Waals surface area contributed by atoms with Crippen molar-refractivity contribution in [1.29, 1.82) is 0 Å². The fourth-order valence-electron chi connectivity index (χ4n) is 2.56. The molecule has 0 radical (unpaired) electrons. The number of hydrogen-bond donors (Lipinski definition) is 1. The average Bonchev–Trinajstić information content (AvgIpc) is 2.43. The predicted molar refractivity (Wildman–Crippen MR) is 78.7 cm³/mol. The molecule has 5 nitrogen and oxygen atoms in total. The molecule has 0 bridgehead atoms. The zero-order valence-corrected chi connectivity index (χ0v) is 12.5. The normalized spacial score (nSPS) is 16.2. The van der Waals surface area contributed by atoms with Gasteiger partial charge in [-0.05, 0) is 26.3 Å². The molecule has 0 saturated carbocycles. The zero-order valence-electron chi connectivity index (χ0n) is 12.5. The van der Waals surface area contributed by atoms with Crippen molar-refractivity contribution in [2.75, 3.05) is 26.2 Å². The summed E-state index contributed by atoms with van der Waals surface area (Å²) in [7, 11) is 0. The van der Waals surface area contributed by atoms with Crippen LogP contribution >= 0.6 is 0 Å². The second-order valence-corrected chi connectivity index (χ2v) is 6.10. The van der Waals surface area contributed by atoms with Gasteiger partial charge in [-0.25, -0.2) is 0 Å². The summed E-state index contributed by atoms with van der Waals surface area (Å²) < 4.78 is 1.63. The fourth-order valence-corrected chi connectivity index (χ4v) is 2.56. The van der Waals surface area contributed by atoms with Crippen LogP contribution in [0.5, 0.6) is 0 Å². The Balaban J connectivity index is 2.15. The monoisotopic (exact) mass is 277 g/mol. The van der Waals surface area contributed by atoms with Crippen LogP contribution < -0.4 is 10.9 Å². The van der Waals surface area contributed by atoms with Gasteiger partial charge in [-0.2, -0.15) is 0 Å². The third-order valence-corrected chi connectivity index (χ3v) is 3.68. The summed E-state index contributed by atoms with van der Waals surface area (Å²) >= 11 is 0. The van der Waals surface area contributed by atoms with Gasteiger partial charge in [-0.15, -0.1) is 0 Å². The van der Waals surface area contributed by atoms with E-state index in [4.69, 9.17) is 0 Å². The molecule has 0 unspecified atom stereocenters. The smallest absolute Gasteiger partial charge is 0.250 e. The summed E-state index contributed by atoms with van der Waals surface area (Å²) in [6.45, 7) is 9.34. The maximum absolute atomic E-state index is 12.6. The van der Waals surface area contributed by atoms with Gasteiger partial charge in [0.05, 0.1) is 5.41 Å². The molecule has 1 aliphatic rings. The number of aryl methyl sites for hydroxylation is 1. The number of carbonyl (C=O) groups excluding carboxylic acids is 1. The Bertz CT molecular complexity index is 542. The van der Waals surface area contributed by atoms with E-state index in [0.717, 1.165) is 31.7 Å². The van der Waals surface area contributed by atoms with Crippen molar-refractivity contribution < 1.29 is 4.79 Å². The number of hydrogen-bond acceptors (Lipinski definition) is 3. The van der Waals surface area contributed by atoms with Gasteiger partial charge in [0.1, 0.15) is 0 Å². The Morgan fingerprint density at radius 2 is 1.95 bits per heavy atom. The number of amides is 1. The summed E-state index contributed by atoms with van der Waals surface area (Å²) in [5.74, 6) is 0.118. The van der Waals surface area contributed by atoms with E-state index in [9.17, 15) is 9.59 Å². The highest BCUT2D eigenvalue weighted by molar-refractivity contribution is 5.82. The van der Waals surface area contributed by atoms with Crippen LogP contribution in [0.15, 0.2) is 23.1 Å². The van der Waals surface area contributed by atoms with Crippen molar-refractivity contribution in [3.63, 3.8) is 0 Å². The number of nitrogens with zero attached hydrogens (tertiary/aromatic N) is 2. The third-order valence-electron chi connectivity index (χ3n) is 3.68. The van der Waals surface area contributed by atoms with Gasteiger partial charge in [0.15, 0.2) is 0 Å². The number of carbonyl (C=O) groups is 1. The van der Waals surface area contributed by atoms with Crippen molar-refractivity contribution in [2.45, 2.75) is 27.3 Å². The molecule has 1 saturated heterocycles. The molecule has 2 heterocycles. The summed E-state index contributed by atoms with van der Waals surface area (Å²) in [5.41, 5.74) is 0.390. The van der Waals surface area contributed by atoms with Crippen molar-refractivity contribution in [2.24, 2.45) is 5.41 Å². The molecule has 0 atom stereocenters. The minimum Gasteiger partial charge on any atom is -0.340 e. The van der Waals surface area contributed by atoms with Crippen LogP contribution in [0, 0.1) is 12.3 Å². The number of aromatic nitrogens is 1. The van der Waals surface area contributed by atoms with Crippen molar-refractivity contribution in [3.8, 4) is 0 Å². The first-order valence-corrected chi connectivity index (χ1v) is 7.07. The van der Waals surface area contributed by atoms with E-state index in [1.165, 1.54) is 0 Å². The minimum absolute atomic E-state index is 0.0585. The highest BCUT2D eigenvalue weighted by Crippen LogP contribution is 2.21. The maximum Gasteiger partial charge on any atom is 0.250 e. The lowest BCUT2D eigenvalue weighted by molar-refractivity contribution is -0.141. The van der Waals surface area contributed by atoms with Gasteiger partial charge in [0.2, 0.25) is 5.91 Å². The number of pyridine rings is 1. The molecule has 0 aliphatic carbocycles. The van der Waals surface area contributed by atoms with Gasteiger partial charge in [0.25, 0.3) is 5.56 Å². The number of piperazine rings is 1. The zero-order chi connectivity index (χ0) is 14.8. The molecule has 1 aromatic heterocycles. The molecule has 5 heteroatoms. The molecular formula is C15H23N3O2. The summed E-state index contributed by atoms with van der Waals surface area (Å²) in [4.78, 5) is 26.4. The third kappa shape index (κ3) is 3.28. The Morgan fingerprint density at radius 3 is 2.60 bits per heavy atom. The van der Waals surface area contributed by atoms with Gasteiger partial charge >= 0.3 is 0 Å². The van der Waals surface area contributed by atoms with E-state index in [1.807, 2.05) is 31.9 Å². The second-order valence-electron chi connectivity index (χ2n) is 6.10. The number of nitrogens with one attached hydrogen (secondary N) is 1. The summed E-state index contributed by atoms with van der Waals surface area (Å²) in [6, 6.07) is 3.35. The molecule has 1 aromatic rings. The van der Waals surface area contributed by atoms with E-state index >= 15 is 0 Å². The van der Waals surface area contributed by atoms with E-state index in [0.29, 0.717) is 6.54 Å². The lowest BCUT2D eigenvalue weighted by Crippen LogP contribution is -2.51. The SMILES string of the molecule is Cc1ccc(=O)n(CC(C)(C)C(=O)N2CCNCC2)c1. The van der Waals surface area contributed by atoms with Crippen LogP contribution in [0.25, 0.3) is 0 Å². The Morgan fingerprint density at radius 1 is 1.30 bits per heavy atom. The lowest BCUT2D eigenvalue weighted by atomic mass is 9.91. The predicted octanol–water partition coefficient (Wildman–Crippen LogP) is 0.615. The Labute approximate surface area is 119 Å². The standard InChI is InChI=1S/C15H23N3O2/c1-12-4-5-13(19)18(10-12)11-15(2,3)14(20)17-8-6-16-7-9-17/h4-5,10,16H,6-9,11H2,1-3H3. The van der Waals surface area contributed by atoms with Crippen LogP contribution in [0.3, 0.4) is 0 Å². The average molecular weight is 277 g/mol. The molecule has 110 valence electrons. The summed E-state index contributed by atoms with van der Waals surface area (Å²) in [6.07, 6.45) is 1.81. The molecule has 1 fully saturated rings. The molecule has 20 heavy (non-hydrogen) atoms. The quantitative estimate of drug-likeness (QED) is 0.881. The molecule has 1 N–H and O–H groups in total. The molecule has 2 rings (SSSR count). The van der Waals surface area contributed by atoms with Crippen molar-refractivity contribution >= 4 is 5.91 Å². The van der Waals surface area contributed by atoms with Crippen LogP contribution in [0.4, 0.5) is 0 Å². The van der Waals surface area contributed by atoms with Crippen LogP contribution in [-0.4, -0.2) is 41.6 Å². The summed E-state index contributed by atoms with van der Waals surface area (Å²) in [5, 5.41) is 3.24. The lowest BCUT2D eigenvalue weighted by Gasteiger charge is -2.35. The van der Waals surface area contributed by atoms with E-state index in [2.05, 4.69) is 5.32 Å². The van der Waals surface area contributed by atoms with Crippen LogP contribution in [0.2, 0.25) is 0 Å². The van der Waals surface area contributed by atoms with Gasteiger partial charge in [0, 0.05) is 45.0 Å².